The zero-order valence-electron chi connectivity index (χ0n) is 8.80. The molecule has 0 saturated heterocycles. The predicted molar refractivity (Wildman–Crippen MR) is 68.9 cm³/mol. The number of ether oxygens (including phenoxy) is 1. The maximum Gasteiger partial charge on any atom is 0.119 e. The molecule has 3 heteroatoms. The Balaban J connectivity index is 0.00000128. The third kappa shape index (κ3) is 3.48. The largest absolute Gasteiger partial charge is 0.489 e. The first-order valence-corrected chi connectivity index (χ1v) is 4.87. The van der Waals surface area contributed by atoms with Crippen molar-refractivity contribution in [2.45, 2.75) is 6.61 Å². The van der Waals surface area contributed by atoms with E-state index in [1.165, 1.54) is 0 Å². The molecule has 0 atom stereocenters. The number of nitrogen functional groups attached to an aromatic ring is 1. The van der Waals surface area contributed by atoms with Crippen molar-refractivity contribution in [3.8, 4) is 5.75 Å². The highest BCUT2D eigenvalue weighted by molar-refractivity contribution is 5.85. The molecule has 84 valence electrons. The summed E-state index contributed by atoms with van der Waals surface area (Å²) in [5.74, 6) is 0.841. The van der Waals surface area contributed by atoms with Crippen LogP contribution in [0.3, 0.4) is 0 Å². The molecule has 0 aliphatic heterocycles. The van der Waals surface area contributed by atoms with Gasteiger partial charge in [-0.2, -0.15) is 0 Å². The van der Waals surface area contributed by atoms with Gasteiger partial charge in [0, 0.05) is 5.69 Å². The Morgan fingerprint density at radius 2 is 1.50 bits per heavy atom. The van der Waals surface area contributed by atoms with E-state index in [0.717, 1.165) is 17.0 Å². The maximum absolute atomic E-state index is 5.59. The molecule has 0 aromatic heterocycles. The van der Waals surface area contributed by atoms with Gasteiger partial charge in [0.2, 0.25) is 0 Å². The van der Waals surface area contributed by atoms with Crippen LogP contribution in [0.1, 0.15) is 5.56 Å². The van der Waals surface area contributed by atoms with Crippen LogP contribution < -0.4 is 10.5 Å². The smallest absolute Gasteiger partial charge is 0.119 e. The molecule has 16 heavy (non-hydrogen) atoms. The van der Waals surface area contributed by atoms with Crippen LogP contribution in [0.2, 0.25) is 0 Å². The second-order valence-electron chi connectivity index (χ2n) is 3.34. The molecule has 2 N–H and O–H groups in total. The molecular formula is C13H14ClNO. The van der Waals surface area contributed by atoms with E-state index in [-0.39, 0.29) is 12.4 Å². The lowest BCUT2D eigenvalue weighted by atomic mass is 10.2. The standard InChI is InChI=1S/C13H13NO.ClH/c14-12-6-8-13(9-7-12)15-10-11-4-2-1-3-5-11;/h1-9H,10,14H2;1H. The summed E-state index contributed by atoms with van der Waals surface area (Å²) in [5.41, 5.74) is 7.49. The van der Waals surface area contributed by atoms with Crippen LogP contribution in [0, 0.1) is 0 Å². The van der Waals surface area contributed by atoms with Crippen molar-refractivity contribution in [3.05, 3.63) is 60.2 Å². The van der Waals surface area contributed by atoms with E-state index < -0.39 is 0 Å². The molecule has 2 nitrogen and oxygen atoms in total. The lowest BCUT2D eigenvalue weighted by Gasteiger charge is -2.05. The van der Waals surface area contributed by atoms with Gasteiger partial charge in [-0.3, -0.25) is 0 Å². The van der Waals surface area contributed by atoms with Gasteiger partial charge in [0.1, 0.15) is 12.4 Å². The van der Waals surface area contributed by atoms with Gasteiger partial charge in [-0.25, -0.2) is 0 Å². The van der Waals surface area contributed by atoms with Gasteiger partial charge in [0.25, 0.3) is 0 Å². The zero-order valence-corrected chi connectivity index (χ0v) is 9.61. The van der Waals surface area contributed by atoms with E-state index in [2.05, 4.69) is 0 Å². The quantitative estimate of drug-likeness (QED) is 0.829. The van der Waals surface area contributed by atoms with Gasteiger partial charge in [0.15, 0.2) is 0 Å². The summed E-state index contributed by atoms with van der Waals surface area (Å²) in [5, 5.41) is 0. The molecule has 0 bridgehead atoms. The fraction of sp³-hybridized carbons (Fsp3) is 0.0769. The van der Waals surface area contributed by atoms with Crippen LogP contribution in [0.25, 0.3) is 0 Å². The molecule has 0 saturated carbocycles. The molecule has 2 aromatic rings. The first kappa shape index (κ1) is 12.4. The van der Waals surface area contributed by atoms with Crippen LogP contribution in [0.15, 0.2) is 54.6 Å². The number of hydrogen-bond donors (Lipinski definition) is 1. The van der Waals surface area contributed by atoms with Crippen LogP contribution in [0.4, 0.5) is 5.69 Å². The third-order valence-corrected chi connectivity index (χ3v) is 2.13. The van der Waals surface area contributed by atoms with Gasteiger partial charge in [-0.05, 0) is 29.8 Å². The average molecular weight is 236 g/mol. The molecule has 2 rings (SSSR count). The molecule has 0 aliphatic rings. The predicted octanol–water partition coefficient (Wildman–Crippen LogP) is 3.27. The zero-order chi connectivity index (χ0) is 10.5. The van der Waals surface area contributed by atoms with Crippen molar-refractivity contribution < 1.29 is 4.74 Å². The fourth-order valence-electron chi connectivity index (χ4n) is 1.30. The Morgan fingerprint density at radius 3 is 2.12 bits per heavy atom. The lowest BCUT2D eigenvalue weighted by Crippen LogP contribution is -1.95. The molecule has 0 heterocycles. The molecule has 0 amide bonds. The third-order valence-electron chi connectivity index (χ3n) is 2.13. The summed E-state index contributed by atoms with van der Waals surface area (Å²) >= 11 is 0. The Hall–Kier alpha value is -1.67. The molecule has 2 aromatic carbocycles. The van der Waals surface area contributed by atoms with Crippen molar-refractivity contribution in [1.29, 1.82) is 0 Å². The minimum Gasteiger partial charge on any atom is -0.489 e. The number of halogens is 1. The topological polar surface area (TPSA) is 35.2 Å². The number of rotatable bonds is 3. The van der Waals surface area contributed by atoms with E-state index in [1.54, 1.807) is 0 Å². The average Bonchev–Trinajstić information content (AvgIpc) is 2.30. The monoisotopic (exact) mass is 235 g/mol. The summed E-state index contributed by atoms with van der Waals surface area (Å²) in [7, 11) is 0. The second kappa shape index (κ2) is 6.03. The lowest BCUT2D eigenvalue weighted by molar-refractivity contribution is 0.306. The van der Waals surface area contributed by atoms with Gasteiger partial charge >= 0.3 is 0 Å². The maximum atomic E-state index is 5.59. The first-order valence-electron chi connectivity index (χ1n) is 4.87. The van der Waals surface area contributed by atoms with Gasteiger partial charge < -0.3 is 10.5 Å². The van der Waals surface area contributed by atoms with Crippen molar-refractivity contribution >= 4 is 18.1 Å². The van der Waals surface area contributed by atoms with E-state index in [1.807, 2.05) is 54.6 Å². The number of nitrogens with two attached hydrogens (primary N) is 1. The SMILES string of the molecule is Cl.Nc1ccc(OCc2ccccc2)cc1. The van der Waals surface area contributed by atoms with E-state index >= 15 is 0 Å². The fourth-order valence-corrected chi connectivity index (χ4v) is 1.30. The molecule has 0 fully saturated rings. The molecule has 0 radical (unpaired) electrons. The summed E-state index contributed by atoms with van der Waals surface area (Å²) in [6.07, 6.45) is 0. The van der Waals surface area contributed by atoms with Gasteiger partial charge in [-0.15, -0.1) is 12.4 Å². The summed E-state index contributed by atoms with van der Waals surface area (Å²) in [6.45, 7) is 0.588. The molecule has 0 unspecified atom stereocenters. The molecule has 0 spiro atoms. The van der Waals surface area contributed by atoms with Crippen molar-refractivity contribution in [2.75, 3.05) is 5.73 Å². The van der Waals surface area contributed by atoms with E-state index in [0.29, 0.717) is 6.61 Å². The van der Waals surface area contributed by atoms with Gasteiger partial charge in [0.05, 0.1) is 0 Å². The second-order valence-corrected chi connectivity index (χ2v) is 3.34. The number of benzene rings is 2. The summed E-state index contributed by atoms with van der Waals surface area (Å²) in [4.78, 5) is 0. The number of anilines is 1. The minimum atomic E-state index is 0. The van der Waals surface area contributed by atoms with Crippen LogP contribution in [-0.2, 0) is 6.61 Å². The highest BCUT2D eigenvalue weighted by Gasteiger charge is 1.94. The van der Waals surface area contributed by atoms with Crippen LogP contribution >= 0.6 is 12.4 Å². The van der Waals surface area contributed by atoms with E-state index in [9.17, 15) is 0 Å². The highest BCUT2D eigenvalue weighted by Crippen LogP contribution is 2.14. The normalized spacial score (nSPS) is 9.25. The Kier molecular flexibility index (Phi) is 4.67. The Bertz CT molecular complexity index is 414. The minimum absolute atomic E-state index is 0. The number of hydrogen-bond acceptors (Lipinski definition) is 2. The molecule has 0 aliphatic carbocycles. The summed E-state index contributed by atoms with van der Waals surface area (Å²) < 4.78 is 5.59. The first-order chi connectivity index (χ1) is 7.34. The highest BCUT2D eigenvalue weighted by atomic mass is 35.5. The van der Waals surface area contributed by atoms with Crippen molar-refractivity contribution in [1.82, 2.24) is 0 Å². The van der Waals surface area contributed by atoms with Crippen LogP contribution in [-0.4, -0.2) is 0 Å². The van der Waals surface area contributed by atoms with Crippen molar-refractivity contribution in [3.63, 3.8) is 0 Å². The van der Waals surface area contributed by atoms with Crippen molar-refractivity contribution in [2.24, 2.45) is 0 Å². The Morgan fingerprint density at radius 1 is 0.875 bits per heavy atom. The molecular weight excluding hydrogens is 222 g/mol. The summed E-state index contributed by atoms with van der Waals surface area (Å²) in [6, 6.07) is 17.5. The van der Waals surface area contributed by atoms with E-state index in [4.69, 9.17) is 10.5 Å². The van der Waals surface area contributed by atoms with Crippen LogP contribution in [0.5, 0.6) is 5.75 Å². The van der Waals surface area contributed by atoms with Gasteiger partial charge in [-0.1, -0.05) is 30.3 Å². The Labute approximate surface area is 101 Å².